The molecule has 3 aromatic rings. The van der Waals surface area contributed by atoms with Gasteiger partial charge in [0.15, 0.2) is 0 Å². The Balaban J connectivity index is 1.46. The summed E-state index contributed by atoms with van der Waals surface area (Å²) >= 11 is 0. The van der Waals surface area contributed by atoms with Gasteiger partial charge >= 0.3 is 0 Å². The van der Waals surface area contributed by atoms with Crippen molar-refractivity contribution in [3.05, 3.63) is 71.7 Å². The van der Waals surface area contributed by atoms with Gasteiger partial charge in [-0.15, -0.1) is 0 Å². The number of nitriles is 1. The Kier molecular flexibility index (Phi) is 6.70. The van der Waals surface area contributed by atoms with E-state index < -0.39 is 0 Å². The van der Waals surface area contributed by atoms with Crippen molar-refractivity contribution in [2.75, 3.05) is 23.3 Å². The molecule has 0 bridgehead atoms. The number of benzene rings is 1. The first kappa shape index (κ1) is 20.8. The number of aryl methyl sites for hydroxylation is 1. The average Bonchev–Trinajstić information content (AvgIpc) is 3.28. The zero-order valence-corrected chi connectivity index (χ0v) is 17.8. The summed E-state index contributed by atoms with van der Waals surface area (Å²) in [6.07, 6.45) is 6.70. The van der Waals surface area contributed by atoms with Crippen LogP contribution in [0.3, 0.4) is 0 Å². The Hall–Kier alpha value is -3.50. The maximum atomic E-state index is 9.15. The summed E-state index contributed by atoms with van der Waals surface area (Å²) in [5.74, 6) is 1.52. The van der Waals surface area contributed by atoms with Crippen LogP contribution >= 0.6 is 0 Å². The largest absolute Gasteiger partial charge is 0.355 e. The van der Waals surface area contributed by atoms with E-state index in [1.807, 2.05) is 30.5 Å². The zero-order valence-electron chi connectivity index (χ0n) is 17.8. The molecule has 4 rings (SSSR count). The molecule has 158 valence electrons. The van der Waals surface area contributed by atoms with E-state index in [0.29, 0.717) is 17.6 Å². The predicted octanol–water partition coefficient (Wildman–Crippen LogP) is 3.81. The summed E-state index contributed by atoms with van der Waals surface area (Å²) in [5.41, 5.74) is 3.64. The van der Waals surface area contributed by atoms with Crippen LogP contribution in [0.4, 0.5) is 17.5 Å². The second-order valence-electron chi connectivity index (χ2n) is 7.78. The maximum Gasteiger partial charge on any atom is 0.229 e. The summed E-state index contributed by atoms with van der Waals surface area (Å²) in [5, 5.41) is 16.1. The van der Waals surface area contributed by atoms with Gasteiger partial charge in [0.2, 0.25) is 5.95 Å². The molecule has 1 saturated heterocycles. The number of nitrogens with one attached hydrogen (secondary N) is 2. The molecular weight excluding hydrogens is 386 g/mol. The third kappa shape index (κ3) is 5.56. The minimum absolute atomic E-state index is 0.411. The van der Waals surface area contributed by atoms with Crippen LogP contribution < -0.4 is 15.5 Å². The second-order valence-corrected chi connectivity index (χ2v) is 7.78. The van der Waals surface area contributed by atoms with Crippen molar-refractivity contribution in [2.45, 2.75) is 38.8 Å². The molecule has 0 saturated carbocycles. The van der Waals surface area contributed by atoms with Crippen molar-refractivity contribution in [2.24, 2.45) is 0 Å². The van der Waals surface area contributed by atoms with Crippen LogP contribution in [0.5, 0.6) is 0 Å². The fraction of sp³-hybridized carbons (Fsp3) is 0.333. The average molecular weight is 414 g/mol. The Bertz CT molecular complexity index is 1050. The molecule has 2 aromatic heterocycles. The first-order chi connectivity index (χ1) is 15.2. The molecular formula is C24H27N7. The van der Waals surface area contributed by atoms with Crippen molar-refractivity contribution in [3.8, 4) is 6.07 Å². The van der Waals surface area contributed by atoms with Gasteiger partial charge in [0, 0.05) is 55.5 Å². The van der Waals surface area contributed by atoms with Crippen molar-refractivity contribution in [1.82, 2.24) is 20.3 Å². The number of anilines is 3. The molecule has 1 aliphatic heterocycles. The number of aromatic nitrogens is 3. The molecule has 31 heavy (non-hydrogen) atoms. The van der Waals surface area contributed by atoms with Gasteiger partial charge in [-0.25, -0.2) is 4.98 Å². The number of nitrogens with zero attached hydrogens (tertiary/aromatic N) is 5. The molecule has 0 radical (unpaired) electrons. The fourth-order valence-electron chi connectivity index (χ4n) is 3.78. The standard InChI is InChI=1S/C24H27N7/c1-2-5-20-13-23(30-24(28-20)29-21-8-3-6-18(12-21)14-25)31-11-9-22(17-31)27-16-19-7-4-10-26-15-19/h3-4,6-8,10,12-13,15,22,27H,2,5,9,11,16-17H2,1H3,(H,28,29,30)/t22-/m0/s1. The van der Waals surface area contributed by atoms with Crippen LogP contribution in [-0.2, 0) is 13.0 Å². The number of pyridine rings is 1. The SMILES string of the molecule is CCCc1cc(N2CC[C@H](NCc3cccnc3)C2)nc(Nc2cccc(C#N)c2)n1. The summed E-state index contributed by atoms with van der Waals surface area (Å²) in [6, 6.07) is 16.1. The summed E-state index contributed by atoms with van der Waals surface area (Å²) in [7, 11) is 0. The highest BCUT2D eigenvalue weighted by Gasteiger charge is 2.24. The van der Waals surface area contributed by atoms with Crippen LogP contribution in [0.15, 0.2) is 54.9 Å². The minimum atomic E-state index is 0.411. The van der Waals surface area contributed by atoms with Crippen LogP contribution in [0, 0.1) is 11.3 Å². The molecule has 1 aliphatic rings. The molecule has 7 nitrogen and oxygen atoms in total. The van der Waals surface area contributed by atoms with E-state index in [-0.39, 0.29) is 0 Å². The Morgan fingerprint density at radius 1 is 1.19 bits per heavy atom. The second kappa shape index (κ2) is 10.0. The molecule has 0 unspecified atom stereocenters. The summed E-state index contributed by atoms with van der Waals surface area (Å²) in [4.78, 5) is 16.0. The lowest BCUT2D eigenvalue weighted by atomic mass is 10.2. The normalized spacial score (nSPS) is 15.6. The first-order valence-corrected chi connectivity index (χ1v) is 10.8. The van der Waals surface area contributed by atoms with Gasteiger partial charge in [0.05, 0.1) is 11.6 Å². The predicted molar refractivity (Wildman–Crippen MR) is 122 cm³/mol. The van der Waals surface area contributed by atoms with Gasteiger partial charge in [-0.05, 0) is 42.7 Å². The quantitative estimate of drug-likeness (QED) is 0.580. The molecule has 0 spiro atoms. The minimum Gasteiger partial charge on any atom is -0.355 e. The molecule has 1 aromatic carbocycles. The van der Waals surface area contributed by atoms with Crippen LogP contribution in [-0.4, -0.2) is 34.1 Å². The molecule has 3 heterocycles. The monoisotopic (exact) mass is 413 g/mol. The Labute approximate surface area is 183 Å². The molecule has 2 N–H and O–H groups in total. The number of hydrogen-bond acceptors (Lipinski definition) is 7. The lowest BCUT2D eigenvalue weighted by molar-refractivity contribution is 0.550. The molecule has 7 heteroatoms. The number of hydrogen-bond donors (Lipinski definition) is 2. The van der Waals surface area contributed by atoms with Crippen molar-refractivity contribution >= 4 is 17.5 Å². The smallest absolute Gasteiger partial charge is 0.229 e. The number of rotatable bonds is 8. The van der Waals surface area contributed by atoms with Crippen LogP contribution in [0.1, 0.15) is 36.6 Å². The fourth-order valence-corrected chi connectivity index (χ4v) is 3.78. The highest BCUT2D eigenvalue weighted by Crippen LogP contribution is 2.23. The van der Waals surface area contributed by atoms with E-state index in [0.717, 1.165) is 56.1 Å². The van der Waals surface area contributed by atoms with E-state index >= 15 is 0 Å². The lowest BCUT2D eigenvalue weighted by Gasteiger charge is -2.20. The maximum absolute atomic E-state index is 9.15. The third-order valence-electron chi connectivity index (χ3n) is 5.35. The lowest BCUT2D eigenvalue weighted by Crippen LogP contribution is -2.32. The van der Waals surface area contributed by atoms with Crippen molar-refractivity contribution < 1.29 is 0 Å². The van der Waals surface area contributed by atoms with Gasteiger partial charge < -0.3 is 15.5 Å². The van der Waals surface area contributed by atoms with Gasteiger partial charge in [-0.2, -0.15) is 10.2 Å². The summed E-state index contributed by atoms with van der Waals surface area (Å²) < 4.78 is 0. The van der Waals surface area contributed by atoms with E-state index in [9.17, 15) is 0 Å². The third-order valence-corrected chi connectivity index (χ3v) is 5.35. The molecule has 1 atom stereocenters. The van der Waals surface area contributed by atoms with Crippen LogP contribution in [0.2, 0.25) is 0 Å². The van der Waals surface area contributed by atoms with Crippen LogP contribution in [0.25, 0.3) is 0 Å². The molecule has 0 amide bonds. The van der Waals surface area contributed by atoms with E-state index in [4.69, 9.17) is 10.2 Å². The van der Waals surface area contributed by atoms with Gasteiger partial charge in [0.25, 0.3) is 0 Å². The molecule has 1 fully saturated rings. The zero-order chi connectivity index (χ0) is 21.5. The summed E-state index contributed by atoms with van der Waals surface area (Å²) in [6.45, 7) is 4.83. The van der Waals surface area contributed by atoms with Gasteiger partial charge in [0.1, 0.15) is 5.82 Å². The Morgan fingerprint density at radius 3 is 2.94 bits per heavy atom. The van der Waals surface area contributed by atoms with E-state index in [1.165, 1.54) is 5.56 Å². The molecule has 0 aliphatic carbocycles. The van der Waals surface area contributed by atoms with Gasteiger partial charge in [-0.3, -0.25) is 4.98 Å². The van der Waals surface area contributed by atoms with Crippen molar-refractivity contribution in [1.29, 1.82) is 5.26 Å². The van der Waals surface area contributed by atoms with E-state index in [2.05, 4.69) is 50.6 Å². The van der Waals surface area contributed by atoms with E-state index in [1.54, 1.807) is 12.3 Å². The highest BCUT2D eigenvalue weighted by atomic mass is 15.3. The first-order valence-electron chi connectivity index (χ1n) is 10.8. The topological polar surface area (TPSA) is 89.8 Å². The Morgan fingerprint density at radius 2 is 2.13 bits per heavy atom. The van der Waals surface area contributed by atoms with Crippen molar-refractivity contribution in [3.63, 3.8) is 0 Å². The highest BCUT2D eigenvalue weighted by molar-refractivity contribution is 5.58. The van der Waals surface area contributed by atoms with Gasteiger partial charge in [-0.1, -0.05) is 25.5 Å².